The van der Waals surface area contributed by atoms with E-state index in [-0.39, 0.29) is 35.6 Å². The van der Waals surface area contributed by atoms with Crippen molar-refractivity contribution < 1.29 is 24.2 Å². The molecule has 4 aromatic carbocycles. The first-order chi connectivity index (χ1) is 18.7. The molecule has 0 heterocycles. The van der Waals surface area contributed by atoms with Gasteiger partial charge in [0.1, 0.15) is 0 Å². The van der Waals surface area contributed by atoms with Gasteiger partial charge in [-0.05, 0) is 10.8 Å². The second-order valence-electron chi connectivity index (χ2n) is 11.9. The van der Waals surface area contributed by atoms with E-state index in [1.165, 1.54) is 82.6 Å². The van der Waals surface area contributed by atoms with Crippen LogP contribution in [0.5, 0.6) is 0 Å². The van der Waals surface area contributed by atoms with Crippen molar-refractivity contribution in [3.63, 3.8) is 0 Å². The first-order valence-electron chi connectivity index (χ1n) is 14.1. The Morgan fingerprint density at radius 2 is 1.22 bits per heavy atom. The first kappa shape index (κ1) is 39.3. The maximum atomic E-state index is 3.34. The Morgan fingerprint density at radius 3 is 1.46 bits per heavy atom. The van der Waals surface area contributed by atoms with Crippen LogP contribution in [-0.2, 0) is 35.1 Å². The normalized spacial score (nSPS) is 13.1. The molecule has 1 fully saturated rings. The maximum absolute atomic E-state index is 3.34. The van der Waals surface area contributed by atoms with Crippen molar-refractivity contribution in [2.45, 2.75) is 84.5 Å². The van der Waals surface area contributed by atoms with Gasteiger partial charge in [-0.2, -0.15) is 55.3 Å². The minimum atomic E-state index is 0. The summed E-state index contributed by atoms with van der Waals surface area (Å²) in [4.78, 5) is 0. The molecule has 222 valence electrons. The molecule has 0 spiro atoms. The summed E-state index contributed by atoms with van der Waals surface area (Å²) in [6.45, 7) is 13.6. The van der Waals surface area contributed by atoms with Crippen molar-refractivity contribution in [2.75, 3.05) is 0 Å². The molecule has 0 amide bonds. The predicted molar refractivity (Wildman–Crippen MR) is 186 cm³/mol. The van der Waals surface area contributed by atoms with Gasteiger partial charge in [-0.15, -0.1) is 71.0 Å². The second kappa shape index (κ2) is 20.3. The predicted octanol–water partition coefficient (Wildman–Crippen LogP) is 11.7. The van der Waals surface area contributed by atoms with Gasteiger partial charge in [-0.25, -0.2) is 12.2 Å². The molecule has 6 rings (SSSR count). The fraction of sp³-hybridized carbons (Fsp3) is 0.342. The molecular formula is C38H48Cl2Zr-4. The molecule has 1 saturated carbocycles. The molecule has 41 heavy (non-hydrogen) atoms. The van der Waals surface area contributed by atoms with Gasteiger partial charge in [-0.1, -0.05) is 89.8 Å². The zero-order valence-electron chi connectivity index (χ0n) is 25.8. The smallest absolute Gasteiger partial charge is 0.171 e. The maximum Gasteiger partial charge on any atom is -0.171 e. The standard InChI is InChI=1S/C21H25.C6H5.C5H9.C5H5.CH2.2ClH.Zr/c1-20(2,3)16-7-9-18-14(12-16)11-15-13-17(21(4,5)6)8-10-19(15)18;1-2-4-6-5-3-1;2*1-2-4-5-3-1;;;;/h7-13H,1-6H3;1-5H;1H,2-5H2;1-3H,4H2;1H2;2*1H;/q4*-1;;;;. The topological polar surface area (TPSA) is 0 Å². The first-order valence-corrected chi connectivity index (χ1v) is 15.8. The van der Waals surface area contributed by atoms with Crippen LogP contribution in [0, 0.1) is 18.6 Å². The van der Waals surface area contributed by atoms with E-state index in [0.717, 1.165) is 6.42 Å². The fourth-order valence-corrected chi connectivity index (χ4v) is 4.36. The molecule has 0 saturated heterocycles. The average Bonchev–Trinajstić information content (AvgIpc) is 3.74. The van der Waals surface area contributed by atoms with Crippen LogP contribution in [0.2, 0.25) is 0 Å². The SMILES string of the molecule is CC(C)(C)c1ccc2c(c1)[cH-]c1cc(C(C)(C)C)ccc12.Cl.Cl.[C-]1=CC=CC1.[CH-]1CCCC1.[CH2]=[Zr].[c-]1ccccc1. The number of allylic oxidation sites excluding steroid dienone is 4. The van der Waals surface area contributed by atoms with Crippen LogP contribution in [-0.4, -0.2) is 4.21 Å². The minimum absolute atomic E-state index is 0. The van der Waals surface area contributed by atoms with E-state index in [4.69, 9.17) is 0 Å². The quantitative estimate of drug-likeness (QED) is 0.164. The number of rotatable bonds is 0. The summed E-state index contributed by atoms with van der Waals surface area (Å²) >= 11 is 1.30. The Bertz CT molecular complexity index is 1180. The van der Waals surface area contributed by atoms with E-state index in [0.29, 0.717) is 0 Å². The van der Waals surface area contributed by atoms with Crippen LogP contribution in [0.4, 0.5) is 0 Å². The average molecular weight is 667 g/mol. The molecule has 0 aromatic heterocycles. The Balaban J connectivity index is 0.000000650. The Kier molecular flexibility index (Phi) is 19.5. The molecule has 0 aliphatic heterocycles. The molecule has 3 heteroatoms. The zero-order chi connectivity index (χ0) is 28.7. The molecule has 0 radical (unpaired) electrons. The molecule has 2 aliphatic carbocycles. The third-order valence-electron chi connectivity index (χ3n) is 6.70. The fourth-order valence-electron chi connectivity index (χ4n) is 4.36. The molecule has 2 aliphatic rings. The van der Waals surface area contributed by atoms with Crippen LogP contribution >= 0.6 is 24.8 Å². The van der Waals surface area contributed by atoms with E-state index < -0.39 is 0 Å². The van der Waals surface area contributed by atoms with Crippen molar-refractivity contribution in [1.82, 2.24) is 0 Å². The monoisotopic (exact) mass is 664 g/mol. The van der Waals surface area contributed by atoms with Crippen LogP contribution in [0.25, 0.3) is 21.5 Å². The van der Waals surface area contributed by atoms with Gasteiger partial charge < -0.3 is 6.42 Å². The van der Waals surface area contributed by atoms with Gasteiger partial charge in [0.15, 0.2) is 0 Å². The van der Waals surface area contributed by atoms with Crippen LogP contribution in [0.1, 0.15) is 84.8 Å². The van der Waals surface area contributed by atoms with E-state index in [9.17, 15) is 0 Å². The Labute approximate surface area is 278 Å². The van der Waals surface area contributed by atoms with Crippen molar-refractivity contribution >= 4 is 50.6 Å². The Morgan fingerprint density at radius 1 is 0.732 bits per heavy atom. The summed E-state index contributed by atoms with van der Waals surface area (Å²) in [7, 11) is 0. The number of hydrogen-bond acceptors (Lipinski definition) is 0. The van der Waals surface area contributed by atoms with Crippen molar-refractivity contribution in [2.24, 2.45) is 0 Å². The van der Waals surface area contributed by atoms with Gasteiger partial charge in [-0.3, -0.25) is 6.08 Å². The molecular weight excluding hydrogens is 619 g/mol. The molecule has 0 bridgehead atoms. The molecule has 0 atom stereocenters. The molecule has 4 aromatic rings. The Hall–Kier alpha value is -1.66. The minimum Gasteiger partial charge on any atom is -0.184 e. The van der Waals surface area contributed by atoms with Gasteiger partial charge in [0.05, 0.1) is 0 Å². The van der Waals surface area contributed by atoms with Crippen LogP contribution in [0.3, 0.4) is 0 Å². The molecule has 0 unspecified atom stereocenters. The van der Waals surface area contributed by atoms with E-state index >= 15 is 0 Å². The summed E-state index contributed by atoms with van der Waals surface area (Å²) < 4.78 is 3.34. The summed E-state index contributed by atoms with van der Waals surface area (Å²) in [5.74, 6) is 0. The molecule has 0 N–H and O–H groups in total. The van der Waals surface area contributed by atoms with Crippen molar-refractivity contribution in [3.8, 4) is 0 Å². The van der Waals surface area contributed by atoms with Gasteiger partial charge in [0.2, 0.25) is 0 Å². The third-order valence-corrected chi connectivity index (χ3v) is 6.70. The van der Waals surface area contributed by atoms with E-state index in [1.807, 2.05) is 42.5 Å². The number of halogens is 2. The summed E-state index contributed by atoms with van der Waals surface area (Å²) in [5.41, 5.74) is 3.21. The number of fused-ring (bicyclic) bond motifs is 3. The van der Waals surface area contributed by atoms with Gasteiger partial charge >= 0.3 is 28.4 Å². The van der Waals surface area contributed by atoms with Gasteiger partial charge in [0, 0.05) is 0 Å². The second-order valence-corrected chi connectivity index (χ2v) is 11.9. The van der Waals surface area contributed by atoms with Gasteiger partial charge in [0.25, 0.3) is 0 Å². The summed E-state index contributed by atoms with van der Waals surface area (Å²) in [6.07, 6.45) is 18.0. The van der Waals surface area contributed by atoms with Crippen LogP contribution < -0.4 is 0 Å². The largest absolute Gasteiger partial charge is 0.184 e. The summed E-state index contributed by atoms with van der Waals surface area (Å²) in [5, 5.41) is 5.48. The molecule has 0 nitrogen and oxygen atoms in total. The van der Waals surface area contributed by atoms with E-state index in [1.54, 1.807) is 0 Å². The zero-order valence-corrected chi connectivity index (χ0v) is 29.9. The van der Waals surface area contributed by atoms with Crippen molar-refractivity contribution in [3.05, 3.63) is 121 Å². The van der Waals surface area contributed by atoms with E-state index in [2.05, 4.69) is 113 Å². The summed E-state index contributed by atoms with van der Waals surface area (Å²) in [6, 6.07) is 28.7. The van der Waals surface area contributed by atoms with Crippen molar-refractivity contribution in [1.29, 1.82) is 0 Å². The number of benzene rings is 3. The third kappa shape index (κ3) is 13.9. The van der Waals surface area contributed by atoms with Crippen LogP contribution in [0.15, 0.2) is 91.0 Å². The number of hydrogen-bond donors (Lipinski definition) is 0.